The lowest BCUT2D eigenvalue weighted by atomic mass is 10.1. The number of likely N-dealkylation sites (N-methyl/N-ethyl adjacent to an activating group) is 1. The van der Waals surface area contributed by atoms with E-state index in [0.717, 1.165) is 26.6 Å². The van der Waals surface area contributed by atoms with Gasteiger partial charge in [-0.15, -0.1) is 0 Å². The van der Waals surface area contributed by atoms with Crippen LogP contribution in [0.1, 0.15) is 35.6 Å². The lowest BCUT2D eigenvalue weighted by Crippen LogP contribution is -2.51. The highest BCUT2D eigenvalue weighted by Gasteiger charge is 2.33. The molecule has 2 amide bonds. The molecule has 7 nitrogen and oxygen atoms in total. The van der Waals surface area contributed by atoms with Crippen LogP contribution in [0.3, 0.4) is 0 Å². The first-order valence-corrected chi connectivity index (χ1v) is 13.7. The van der Waals surface area contributed by atoms with Gasteiger partial charge >= 0.3 is 0 Å². The molecule has 0 spiro atoms. The molecule has 3 aromatic carbocycles. The Kier molecular flexibility index (Phi) is 9.10. The van der Waals surface area contributed by atoms with E-state index in [1.54, 1.807) is 24.3 Å². The second-order valence-electron chi connectivity index (χ2n) is 9.16. The van der Waals surface area contributed by atoms with Crippen molar-refractivity contribution in [3.8, 4) is 0 Å². The van der Waals surface area contributed by atoms with Crippen molar-refractivity contribution in [3.63, 3.8) is 0 Å². The maximum Gasteiger partial charge on any atom is 0.264 e. The minimum Gasteiger partial charge on any atom is -0.357 e. The topological polar surface area (TPSA) is 86.8 Å². The number of nitrogens with zero attached hydrogens (tertiary/aromatic N) is 2. The fraction of sp³-hybridized carbons (Fsp3) is 0.310. The summed E-state index contributed by atoms with van der Waals surface area (Å²) in [5.41, 5.74) is 4.03. The molecule has 196 valence electrons. The van der Waals surface area contributed by atoms with Crippen molar-refractivity contribution in [1.82, 2.24) is 10.2 Å². The van der Waals surface area contributed by atoms with Crippen LogP contribution < -0.4 is 9.62 Å². The third kappa shape index (κ3) is 6.57. The van der Waals surface area contributed by atoms with Crippen LogP contribution in [0.4, 0.5) is 5.69 Å². The van der Waals surface area contributed by atoms with Crippen molar-refractivity contribution < 1.29 is 18.0 Å². The van der Waals surface area contributed by atoms with Gasteiger partial charge in [-0.05, 0) is 56.5 Å². The lowest BCUT2D eigenvalue weighted by molar-refractivity contribution is -0.140. The predicted octanol–water partition coefficient (Wildman–Crippen LogP) is 4.36. The van der Waals surface area contributed by atoms with Crippen LogP contribution in [0.5, 0.6) is 0 Å². The van der Waals surface area contributed by atoms with E-state index in [1.165, 1.54) is 24.1 Å². The second kappa shape index (κ2) is 12.1. The number of nitrogens with one attached hydrogen (secondary N) is 1. The van der Waals surface area contributed by atoms with E-state index >= 15 is 0 Å². The highest BCUT2D eigenvalue weighted by atomic mass is 32.2. The summed E-state index contributed by atoms with van der Waals surface area (Å²) in [7, 11) is -2.54. The normalized spacial score (nSPS) is 12.0. The zero-order valence-electron chi connectivity index (χ0n) is 22.1. The Labute approximate surface area is 220 Å². The molecule has 1 atom stereocenters. The largest absolute Gasteiger partial charge is 0.357 e. The molecule has 0 aliphatic rings. The standard InChI is InChI=1S/C29H35N3O4S/c1-6-26(29(34)30-5)31(19-24-12-10-11-21(2)18-24)28(33)20-32(27-16-15-22(3)17-23(27)4)37(35,36)25-13-8-7-9-14-25/h7-18,26H,6,19-20H2,1-5H3,(H,30,34)/t26-/m1/s1. The minimum atomic E-state index is -4.07. The number of aryl methyl sites for hydroxylation is 3. The van der Waals surface area contributed by atoms with Gasteiger partial charge in [-0.1, -0.05) is 72.6 Å². The van der Waals surface area contributed by atoms with Gasteiger partial charge in [0.05, 0.1) is 10.6 Å². The first kappa shape index (κ1) is 27.9. The summed E-state index contributed by atoms with van der Waals surface area (Å²) in [6.07, 6.45) is 0.381. The summed E-state index contributed by atoms with van der Waals surface area (Å²) in [5.74, 6) is -0.760. The molecular formula is C29H35N3O4S. The molecule has 0 fully saturated rings. The molecule has 0 aliphatic heterocycles. The molecule has 0 saturated carbocycles. The predicted molar refractivity (Wildman–Crippen MR) is 147 cm³/mol. The Hall–Kier alpha value is -3.65. The summed E-state index contributed by atoms with van der Waals surface area (Å²) >= 11 is 0. The number of rotatable bonds is 10. The van der Waals surface area contributed by atoms with Gasteiger partial charge in [0.2, 0.25) is 11.8 Å². The monoisotopic (exact) mass is 521 g/mol. The second-order valence-corrected chi connectivity index (χ2v) is 11.0. The fourth-order valence-corrected chi connectivity index (χ4v) is 5.91. The number of carbonyl (C=O) groups is 2. The van der Waals surface area contributed by atoms with Crippen LogP contribution in [0.2, 0.25) is 0 Å². The fourth-order valence-electron chi connectivity index (χ4n) is 4.41. The zero-order chi connectivity index (χ0) is 27.2. The van der Waals surface area contributed by atoms with Gasteiger partial charge in [0.15, 0.2) is 0 Å². The maximum atomic E-state index is 13.9. The summed E-state index contributed by atoms with van der Waals surface area (Å²) in [5, 5.41) is 2.64. The molecule has 0 bridgehead atoms. The van der Waals surface area contributed by atoms with Crippen LogP contribution in [0.15, 0.2) is 77.7 Å². The number of hydrogen-bond acceptors (Lipinski definition) is 4. The molecule has 8 heteroatoms. The maximum absolute atomic E-state index is 13.9. The molecule has 0 saturated heterocycles. The van der Waals surface area contributed by atoms with E-state index < -0.39 is 28.5 Å². The lowest BCUT2D eigenvalue weighted by Gasteiger charge is -2.33. The Morgan fingerprint density at radius 3 is 2.16 bits per heavy atom. The zero-order valence-corrected chi connectivity index (χ0v) is 22.9. The first-order valence-electron chi connectivity index (χ1n) is 12.3. The summed E-state index contributed by atoms with van der Waals surface area (Å²) in [4.78, 5) is 28.3. The van der Waals surface area contributed by atoms with E-state index in [-0.39, 0.29) is 17.3 Å². The van der Waals surface area contributed by atoms with Crippen molar-refractivity contribution in [3.05, 3.63) is 95.1 Å². The van der Waals surface area contributed by atoms with Crippen LogP contribution in [-0.2, 0) is 26.2 Å². The van der Waals surface area contributed by atoms with E-state index in [9.17, 15) is 18.0 Å². The smallest absolute Gasteiger partial charge is 0.264 e. The Morgan fingerprint density at radius 1 is 0.892 bits per heavy atom. The number of amides is 2. The quantitative estimate of drug-likeness (QED) is 0.430. The van der Waals surface area contributed by atoms with E-state index in [0.29, 0.717) is 12.1 Å². The number of hydrogen-bond donors (Lipinski definition) is 1. The number of benzene rings is 3. The minimum absolute atomic E-state index is 0.0892. The molecular weight excluding hydrogens is 486 g/mol. The molecule has 3 rings (SSSR count). The van der Waals surface area contributed by atoms with Crippen molar-refractivity contribution in [2.75, 3.05) is 17.9 Å². The molecule has 0 unspecified atom stereocenters. The molecule has 0 radical (unpaired) electrons. The van der Waals surface area contributed by atoms with Crippen LogP contribution in [0, 0.1) is 20.8 Å². The summed E-state index contributed by atoms with van der Waals surface area (Å²) in [6.45, 7) is 7.28. The summed E-state index contributed by atoms with van der Waals surface area (Å²) in [6, 6.07) is 20.5. The first-order chi connectivity index (χ1) is 17.6. The van der Waals surface area contributed by atoms with E-state index in [1.807, 2.05) is 64.1 Å². The number of sulfonamides is 1. The SMILES string of the molecule is CC[C@H](C(=O)NC)N(Cc1cccc(C)c1)C(=O)CN(c1ccc(C)cc1C)S(=O)(=O)c1ccccc1. The molecule has 0 heterocycles. The van der Waals surface area contributed by atoms with Crippen molar-refractivity contribution in [2.45, 2.75) is 51.6 Å². The molecule has 37 heavy (non-hydrogen) atoms. The highest BCUT2D eigenvalue weighted by Crippen LogP contribution is 2.28. The Bertz CT molecular complexity index is 1360. The van der Waals surface area contributed by atoms with Crippen molar-refractivity contribution in [2.24, 2.45) is 0 Å². The van der Waals surface area contributed by atoms with E-state index in [2.05, 4.69) is 5.32 Å². The van der Waals surface area contributed by atoms with Gasteiger partial charge in [-0.2, -0.15) is 0 Å². The Balaban J connectivity index is 2.09. The van der Waals surface area contributed by atoms with Crippen molar-refractivity contribution in [1.29, 1.82) is 0 Å². The van der Waals surface area contributed by atoms with Crippen LogP contribution >= 0.6 is 0 Å². The van der Waals surface area contributed by atoms with Crippen LogP contribution in [0.25, 0.3) is 0 Å². The molecule has 1 N–H and O–H groups in total. The average molecular weight is 522 g/mol. The van der Waals surface area contributed by atoms with Gasteiger partial charge in [-0.25, -0.2) is 8.42 Å². The molecule has 0 aromatic heterocycles. The Morgan fingerprint density at radius 2 is 1.57 bits per heavy atom. The highest BCUT2D eigenvalue weighted by molar-refractivity contribution is 7.92. The molecule has 3 aromatic rings. The average Bonchev–Trinajstić information content (AvgIpc) is 2.87. The van der Waals surface area contributed by atoms with E-state index in [4.69, 9.17) is 0 Å². The molecule has 0 aliphatic carbocycles. The number of carbonyl (C=O) groups excluding carboxylic acids is 2. The van der Waals surface area contributed by atoms with Gasteiger partial charge in [-0.3, -0.25) is 13.9 Å². The van der Waals surface area contributed by atoms with Crippen LogP contribution in [-0.4, -0.2) is 44.8 Å². The third-order valence-corrected chi connectivity index (χ3v) is 8.07. The summed E-state index contributed by atoms with van der Waals surface area (Å²) < 4.78 is 28.8. The van der Waals surface area contributed by atoms with Gasteiger partial charge in [0.1, 0.15) is 12.6 Å². The van der Waals surface area contributed by atoms with Gasteiger partial charge in [0, 0.05) is 13.6 Å². The third-order valence-electron chi connectivity index (χ3n) is 6.30. The van der Waals surface area contributed by atoms with Gasteiger partial charge in [0.25, 0.3) is 10.0 Å². The number of anilines is 1. The van der Waals surface area contributed by atoms with Gasteiger partial charge < -0.3 is 10.2 Å². The van der Waals surface area contributed by atoms with Crippen molar-refractivity contribution >= 4 is 27.5 Å².